The Morgan fingerprint density at radius 3 is 2.39 bits per heavy atom. The smallest absolute Gasteiger partial charge is 0.257 e. The van der Waals surface area contributed by atoms with E-state index in [1.54, 1.807) is 35.2 Å². The third kappa shape index (κ3) is 3.91. The SMILES string of the molecule is O=C(c1cccc(Nc2c(Nc3ccccc3Br)c(=O)c2=O)c1O)N1CCN2CCCC2C1. The van der Waals surface area contributed by atoms with Crippen LogP contribution in [0, 0.1) is 0 Å². The molecule has 0 saturated carbocycles. The zero-order valence-corrected chi connectivity index (χ0v) is 19.4. The van der Waals surface area contributed by atoms with Gasteiger partial charge in [-0.2, -0.15) is 0 Å². The molecule has 5 rings (SSSR count). The van der Waals surface area contributed by atoms with Gasteiger partial charge in [0.2, 0.25) is 0 Å². The Morgan fingerprint density at radius 1 is 0.939 bits per heavy atom. The van der Waals surface area contributed by atoms with Crippen molar-refractivity contribution in [1.82, 2.24) is 9.80 Å². The lowest BCUT2D eigenvalue weighted by Crippen LogP contribution is -2.52. The van der Waals surface area contributed by atoms with E-state index in [1.165, 1.54) is 0 Å². The van der Waals surface area contributed by atoms with E-state index in [0.29, 0.717) is 24.8 Å². The summed E-state index contributed by atoms with van der Waals surface area (Å²) in [6, 6.07) is 12.4. The minimum atomic E-state index is -0.682. The molecule has 2 heterocycles. The first kappa shape index (κ1) is 21.7. The first-order valence-electron chi connectivity index (χ1n) is 10.9. The van der Waals surface area contributed by atoms with Crippen LogP contribution in [0.2, 0.25) is 0 Å². The number of phenolic OH excluding ortho intramolecular Hbond substituents is 1. The van der Waals surface area contributed by atoms with Crippen molar-refractivity contribution in [3.63, 3.8) is 0 Å². The molecule has 0 bridgehead atoms. The van der Waals surface area contributed by atoms with Crippen LogP contribution in [0.1, 0.15) is 23.2 Å². The number of anilines is 4. The van der Waals surface area contributed by atoms with Gasteiger partial charge < -0.3 is 20.6 Å². The van der Waals surface area contributed by atoms with Gasteiger partial charge in [-0.1, -0.05) is 18.2 Å². The molecule has 3 aromatic rings. The number of carbonyl (C=O) groups is 1. The Morgan fingerprint density at radius 2 is 1.64 bits per heavy atom. The van der Waals surface area contributed by atoms with Crippen molar-refractivity contribution in [2.45, 2.75) is 18.9 Å². The van der Waals surface area contributed by atoms with Gasteiger partial charge in [0, 0.05) is 30.1 Å². The van der Waals surface area contributed by atoms with Crippen LogP contribution >= 0.6 is 15.9 Å². The van der Waals surface area contributed by atoms with Crippen LogP contribution in [0.4, 0.5) is 22.7 Å². The second-order valence-corrected chi connectivity index (χ2v) is 9.28. The number of phenols is 1. The molecule has 1 atom stereocenters. The number of para-hydroxylation sites is 2. The number of piperazine rings is 1. The molecule has 0 aliphatic carbocycles. The number of carbonyl (C=O) groups excluding carboxylic acids is 1. The summed E-state index contributed by atoms with van der Waals surface area (Å²) in [7, 11) is 0. The van der Waals surface area contributed by atoms with Gasteiger partial charge in [-0.3, -0.25) is 19.3 Å². The number of halogens is 1. The summed E-state index contributed by atoms with van der Waals surface area (Å²) in [5, 5.41) is 16.7. The van der Waals surface area contributed by atoms with Crippen molar-refractivity contribution < 1.29 is 9.90 Å². The molecular formula is C24H23BrN4O4. The van der Waals surface area contributed by atoms with Crippen LogP contribution in [-0.4, -0.2) is 53.0 Å². The highest BCUT2D eigenvalue weighted by Gasteiger charge is 2.33. The number of fused-ring (bicyclic) bond motifs is 1. The average molecular weight is 511 g/mol. The molecule has 2 fully saturated rings. The zero-order valence-electron chi connectivity index (χ0n) is 17.8. The summed E-state index contributed by atoms with van der Waals surface area (Å²) in [5.41, 5.74) is -0.164. The van der Waals surface area contributed by atoms with Gasteiger partial charge in [-0.05, 0) is 59.6 Å². The molecule has 1 unspecified atom stereocenters. The van der Waals surface area contributed by atoms with Gasteiger partial charge in [0.25, 0.3) is 16.8 Å². The molecule has 0 aromatic heterocycles. The predicted molar refractivity (Wildman–Crippen MR) is 131 cm³/mol. The van der Waals surface area contributed by atoms with E-state index < -0.39 is 10.9 Å². The van der Waals surface area contributed by atoms with Gasteiger partial charge >= 0.3 is 0 Å². The number of hydrogen-bond donors (Lipinski definition) is 3. The monoisotopic (exact) mass is 510 g/mol. The molecule has 3 aromatic carbocycles. The number of rotatable bonds is 5. The highest BCUT2D eigenvalue weighted by Crippen LogP contribution is 2.34. The van der Waals surface area contributed by atoms with Crippen LogP contribution in [0.5, 0.6) is 5.75 Å². The number of nitrogens with one attached hydrogen (secondary N) is 2. The lowest BCUT2D eigenvalue weighted by Gasteiger charge is -2.37. The fourth-order valence-corrected chi connectivity index (χ4v) is 5.01. The minimum Gasteiger partial charge on any atom is -0.505 e. The Bertz CT molecular complexity index is 1300. The third-order valence-electron chi connectivity index (χ3n) is 6.44. The predicted octanol–water partition coefficient (Wildman–Crippen LogP) is 3.16. The van der Waals surface area contributed by atoms with Crippen LogP contribution in [-0.2, 0) is 0 Å². The van der Waals surface area contributed by atoms with Gasteiger partial charge in [0.1, 0.15) is 11.4 Å². The Hall–Kier alpha value is -3.17. The van der Waals surface area contributed by atoms with E-state index in [0.717, 1.165) is 30.4 Å². The maximum atomic E-state index is 13.2. The number of hydrogen-bond acceptors (Lipinski definition) is 7. The van der Waals surface area contributed by atoms with Crippen LogP contribution in [0.3, 0.4) is 0 Å². The van der Waals surface area contributed by atoms with Crippen molar-refractivity contribution >= 4 is 44.6 Å². The fourth-order valence-electron chi connectivity index (χ4n) is 4.62. The largest absolute Gasteiger partial charge is 0.505 e. The highest BCUT2D eigenvalue weighted by atomic mass is 79.9. The third-order valence-corrected chi connectivity index (χ3v) is 7.14. The van der Waals surface area contributed by atoms with Gasteiger partial charge in [-0.15, -0.1) is 0 Å². The molecular weight excluding hydrogens is 488 g/mol. The van der Waals surface area contributed by atoms with E-state index in [9.17, 15) is 19.5 Å². The first-order chi connectivity index (χ1) is 15.9. The van der Waals surface area contributed by atoms with Crippen molar-refractivity contribution in [3.8, 4) is 5.75 Å². The summed E-state index contributed by atoms with van der Waals surface area (Å²) < 4.78 is 0.738. The van der Waals surface area contributed by atoms with E-state index in [2.05, 4.69) is 31.5 Å². The molecule has 2 aliphatic rings. The molecule has 1 amide bonds. The topological polar surface area (TPSA) is 102 Å². The van der Waals surface area contributed by atoms with E-state index in [1.807, 2.05) is 12.1 Å². The van der Waals surface area contributed by atoms with Gasteiger partial charge in [0.05, 0.1) is 16.9 Å². The fraction of sp³-hybridized carbons (Fsp3) is 0.292. The van der Waals surface area contributed by atoms with Crippen molar-refractivity contribution in [2.24, 2.45) is 0 Å². The van der Waals surface area contributed by atoms with Crippen molar-refractivity contribution in [2.75, 3.05) is 36.8 Å². The summed E-state index contributed by atoms with van der Waals surface area (Å²) >= 11 is 3.40. The quantitative estimate of drug-likeness (QED) is 0.357. The van der Waals surface area contributed by atoms with E-state index >= 15 is 0 Å². The minimum absolute atomic E-state index is 0.0511. The van der Waals surface area contributed by atoms with Crippen molar-refractivity contribution in [3.05, 3.63) is 72.9 Å². The summed E-state index contributed by atoms with van der Waals surface area (Å²) in [5.74, 6) is -0.476. The van der Waals surface area contributed by atoms with Crippen LogP contribution in [0.25, 0.3) is 0 Å². The lowest BCUT2D eigenvalue weighted by molar-refractivity contribution is 0.0568. The molecule has 33 heavy (non-hydrogen) atoms. The Labute approximate surface area is 198 Å². The Kier molecular flexibility index (Phi) is 5.67. The highest BCUT2D eigenvalue weighted by molar-refractivity contribution is 9.10. The maximum absolute atomic E-state index is 13.2. The maximum Gasteiger partial charge on any atom is 0.257 e. The summed E-state index contributed by atoms with van der Waals surface area (Å²) in [6.45, 7) is 3.18. The standard InChI is InChI=1S/C24H23BrN4O4/c25-16-7-1-2-8-17(16)26-19-20(23(32)22(19)31)27-18-9-3-6-15(21(18)30)24(33)29-12-11-28-10-4-5-14(28)13-29/h1-3,6-9,14,26-27,30H,4-5,10-13H2. The lowest BCUT2D eigenvalue weighted by atomic mass is 10.1. The van der Waals surface area contributed by atoms with E-state index in [4.69, 9.17) is 0 Å². The zero-order chi connectivity index (χ0) is 23.1. The first-order valence-corrected chi connectivity index (χ1v) is 11.7. The molecule has 2 aliphatic heterocycles. The molecule has 9 heteroatoms. The van der Waals surface area contributed by atoms with Crippen LogP contribution in [0.15, 0.2) is 56.5 Å². The molecule has 2 saturated heterocycles. The van der Waals surface area contributed by atoms with E-state index in [-0.39, 0.29) is 34.3 Å². The second-order valence-electron chi connectivity index (χ2n) is 8.42. The number of amides is 1. The molecule has 8 nitrogen and oxygen atoms in total. The number of aromatic hydroxyl groups is 1. The molecule has 0 radical (unpaired) electrons. The van der Waals surface area contributed by atoms with Crippen LogP contribution < -0.4 is 21.5 Å². The van der Waals surface area contributed by atoms with Gasteiger partial charge in [0.15, 0.2) is 5.75 Å². The molecule has 3 N–H and O–H groups in total. The Balaban J connectivity index is 1.38. The number of benzene rings is 2. The summed E-state index contributed by atoms with van der Waals surface area (Å²) in [6.07, 6.45) is 2.23. The molecule has 0 spiro atoms. The summed E-state index contributed by atoms with van der Waals surface area (Å²) in [4.78, 5) is 41.8. The van der Waals surface area contributed by atoms with Gasteiger partial charge in [-0.25, -0.2) is 0 Å². The molecule has 170 valence electrons. The van der Waals surface area contributed by atoms with Crippen molar-refractivity contribution in [1.29, 1.82) is 0 Å². The average Bonchev–Trinajstić information content (AvgIpc) is 3.30. The normalized spacial score (nSPS) is 18.3. The number of nitrogens with zero attached hydrogens (tertiary/aromatic N) is 2. The second kappa shape index (κ2) is 8.64.